The van der Waals surface area contributed by atoms with Crippen molar-refractivity contribution in [3.8, 4) is 16.9 Å². The van der Waals surface area contributed by atoms with Gasteiger partial charge in [-0.3, -0.25) is 0 Å². The zero-order valence-corrected chi connectivity index (χ0v) is 17.0. The van der Waals surface area contributed by atoms with Crippen LogP contribution >= 0.6 is 11.8 Å². The van der Waals surface area contributed by atoms with Crippen molar-refractivity contribution in [2.75, 3.05) is 6.26 Å². The lowest BCUT2D eigenvalue weighted by Crippen LogP contribution is -2.23. The Kier molecular flexibility index (Phi) is 8.68. The minimum Gasteiger partial charge on any atom is -0.479 e. The van der Waals surface area contributed by atoms with Crippen LogP contribution in [0.1, 0.15) is 13.3 Å². The number of rotatable bonds is 5. The molecule has 1 aliphatic rings. The third kappa shape index (κ3) is 6.91. The molecule has 6 heteroatoms. The van der Waals surface area contributed by atoms with Gasteiger partial charge in [0.15, 0.2) is 6.10 Å². The number of ether oxygens (including phenoxy) is 1. The van der Waals surface area contributed by atoms with Gasteiger partial charge in [-0.1, -0.05) is 42.5 Å². The lowest BCUT2D eigenvalue weighted by atomic mass is 10.0. The van der Waals surface area contributed by atoms with E-state index in [0.717, 1.165) is 6.42 Å². The Morgan fingerprint density at radius 2 is 1.76 bits per heavy atom. The number of carbonyl (C=O) groups is 1. The zero-order valence-electron chi connectivity index (χ0n) is 16.1. The van der Waals surface area contributed by atoms with Gasteiger partial charge < -0.3 is 9.84 Å². The lowest BCUT2D eigenvalue weighted by Gasteiger charge is -2.15. The molecular weight excluding hydrogens is 394 g/mol. The van der Waals surface area contributed by atoms with Gasteiger partial charge in [0.2, 0.25) is 0 Å². The fourth-order valence-electron chi connectivity index (χ4n) is 2.43. The van der Waals surface area contributed by atoms with Gasteiger partial charge in [0, 0.05) is 10.5 Å². The third-order valence-corrected chi connectivity index (χ3v) is 4.70. The number of hydrogen-bond acceptors (Lipinski definition) is 3. The molecule has 29 heavy (non-hydrogen) atoms. The summed E-state index contributed by atoms with van der Waals surface area (Å²) in [7, 11) is 0. The molecule has 0 saturated carbocycles. The highest BCUT2D eigenvalue weighted by Crippen LogP contribution is 2.33. The molecule has 0 radical (unpaired) electrons. The molecule has 0 fully saturated rings. The summed E-state index contributed by atoms with van der Waals surface area (Å²) >= 11 is 1.26. The monoisotopic (exact) mass is 416 g/mol. The highest BCUT2D eigenvalue weighted by molar-refractivity contribution is 7.98. The maximum absolute atomic E-state index is 13.9. The van der Waals surface area contributed by atoms with E-state index in [1.807, 2.05) is 12.2 Å². The number of allylic oxidation sites excluding steroid dienone is 6. The van der Waals surface area contributed by atoms with Crippen molar-refractivity contribution in [2.45, 2.75) is 24.3 Å². The van der Waals surface area contributed by atoms with E-state index in [2.05, 4.69) is 24.3 Å². The van der Waals surface area contributed by atoms with Crippen molar-refractivity contribution in [1.82, 2.24) is 0 Å². The fourth-order valence-corrected chi connectivity index (χ4v) is 2.88. The molecule has 1 aliphatic carbocycles. The second-order valence-electron chi connectivity index (χ2n) is 6.07. The largest absolute Gasteiger partial charge is 0.479 e. The average molecular weight is 416 g/mol. The quantitative estimate of drug-likeness (QED) is 0.584. The van der Waals surface area contributed by atoms with Gasteiger partial charge in [0.05, 0.1) is 0 Å². The summed E-state index contributed by atoms with van der Waals surface area (Å²) < 4.78 is 32.7. The first-order chi connectivity index (χ1) is 13.9. The normalized spacial score (nSPS) is 13.2. The van der Waals surface area contributed by atoms with Crippen LogP contribution < -0.4 is 4.74 Å². The molecule has 1 unspecified atom stereocenters. The van der Waals surface area contributed by atoms with Gasteiger partial charge in [-0.2, -0.15) is 0 Å². The predicted molar refractivity (Wildman–Crippen MR) is 113 cm³/mol. The molecule has 1 atom stereocenters. The molecule has 0 aromatic heterocycles. The molecule has 0 saturated heterocycles. The maximum atomic E-state index is 13.9. The Morgan fingerprint density at radius 3 is 2.34 bits per heavy atom. The van der Waals surface area contributed by atoms with E-state index in [1.165, 1.54) is 43.0 Å². The van der Waals surface area contributed by atoms with Gasteiger partial charge >= 0.3 is 5.97 Å². The van der Waals surface area contributed by atoms with Crippen molar-refractivity contribution >= 4 is 17.7 Å². The summed E-state index contributed by atoms with van der Waals surface area (Å²) in [6.45, 7) is 1.37. The SMILES string of the molecule is C1=CC=CCC=C1.CSc1ccc(-c2cc(F)ccc2OC(C)C(=O)O)cc1F. The predicted octanol–water partition coefficient (Wildman–Crippen LogP) is 6.26. The molecule has 0 heterocycles. The van der Waals surface area contributed by atoms with Crippen molar-refractivity contribution in [2.24, 2.45) is 0 Å². The first-order valence-electron chi connectivity index (χ1n) is 8.93. The van der Waals surface area contributed by atoms with Crippen molar-refractivity contribution in [1.29, 1.82) is 0 Å². The summed E-state index contributed by atoms with van der Waals surface area (Å²) in [5.74, 6) is -1.89. The van der Waals surface area contributed by atoms with Crippen LogP contribution in [-0.4, -0.2) is 23.4 Å². The number of carboxylic acids is 1. The first kappa shape index (κ1) is 22.4. The number of hydrogen-bond donors (Lipinski definition) is 1. The lowest BCUT2D eigenvalue weighted by molar-refractivity contribution is -0.144. The number of carboxylic acid groups (broad SMARTS) is 1. The molecule has 3 nitrogen and oxygen atoms in total. The molecule has 0 bridgehead atoms. The van der Waals surface area contributed by atoms with E-state index in [1.54, 1.807) is 18.4 Å². The Morgan fingerprint density at radius 1 is 1.07 bits per heavy atom. The summed E-state index contributed by atoms with van der Waals surface area (Å²) in [4.78, 5) is 11.4. The number of aliphatic carboxylic acids is 1. The smallest absolute Gasteiger partial charge is 0.344 e. The molecule has 152 valence electrons. The number of benzene rings is 2. The summed E-state index contributed by atoms with van der Waals surface area (Å²) in [6.07, 6.45) is 14.2. The molecule has 2 aromatic carbocycles. The minimum absolute atomic E-state index is 0.188. The highest BCUT2D eigenvalue weighted by atomic mass is 32.2. The molecule has 1 N–H and O–H groups in total. The Bertz CT molecular complexity index is 922. The summed E-state index contributed by atoms with van der Waals surface area (Å²) in [5, 5.41) is 8.91. The van der Waals surface area contributed by atoms with Crippen LogP contribution in [0, 0.1) is 11.6 Å². The van der Waals surface area contributed by atoms with E-state index in [4.69, 9.17) is 9.84 Å². The first-order valence-corrected chi connectivity index (χ1v) is 10.2. The summed E-state index contributed by atoms with van der Waals surface area (Å²) in [6, 6.07) is 8.20. The van der Waals surface area contributed by atoms with E-state index in [9.17, 15) is 13.6 Å². The minimum atomic E-state index is -1.14. The Balaban J connectivity index is 0.000000360. The van der Waals surface area contributed by atoms with Crippen LogP contribution in [0.25, 0.3) is 11.1 Å². The Labute approximate surface area is 173 Å². The van der Waals surface area contributed by atoms with Gasteiger partial charge in [-0.05, 0) is 55.5 Å². The maximum Gasteiger partial charge on any atom is 0.344 e. The van der Waals surface area contributed by atoms with Crippen LogP contribution in [0.15, 0.2) is 77.7 Å². The van der Waals surface area contributed by atoms with E-state index >= 15 is 0 Å². The topological polar surface area (TPSA) is 46.5 Å². The molecule has 2 aromatic rings. The van der Waals surface area contributed by atoms with E-state index in [-0.39, 0.29) is 5.75 Å². The second kappa shape index (κ2) is 11.2. The van der Waals surface area contributed by atoms with Crippen LogP contribution in [0.2, 0.25) is 0 Å². The van der Waals surface area contributed by atoms with Gasteiger partial charge in [0.1, 0.15) is 17.4 Å². The molecular formula is C23H22F2O3S. The zero-order chi connectivity index (χ0) is 21.2. The van der Waals surface area contributed by atoms with Crippen molar-refractivity contribution in [3.05, 3.63) is 84.5 Å². The molecule has 0 aliphatic heterocycles. The van der Waals surface area contributed by atoms with Crippen LogP contribution in [0.3, 0.4) is 0 Å². The highest BCUT2D eigenvalue weighted by Gasteiger charge is 2.17. The third-order valence-electron chi connectivity index (χ3n) is 3.93. The average Bonchev–Trinajstić information content (AvgIpc) is 3.02. The molecule has 0 amide bonds. The second-order valence-corrected chi connectivity index (χ2v) is 6.91. The fraction of sp³-hybridized carbons (Fsp3) is 0.174. The standard InChI is InChI=1S/C16H14F2O3S.C7H8/c1-9(16(19)20)21-14-5-4-11(17)8-12(14)10-3-6-15(22-2)13(18)7-10;1-2-4-6-7-5-3-1/h3-9H,1-2H3,(H,19,20);1-6H,7H2. The number of thioether (sulfide) groups is 1. The van der Waals surface area contributed by atoms with Crippen LogP contribution in [0.4, 0.5) is 8.78 Å². The van der Waals surface area contributed by atoms with Crippen LogP contribution in [-0.2, 0) is 4.79 Å². The summed E-state index contributed by atoms with van der Waals surface area (Å²) in [5.41, 5.74) is 0.724. The van der Waals surface area contributed by atoms with E-state index < -0.39 is 23.7 Å². The van der Waals surface area contributed by atoms with Crippen molar-refractivity contribution < 1.29 is 23.4 Å². The van der Waals surface area contributed by atoms with Gasteiger partial charge in [-0.15, -0.1) is 11.8 Å². The van der Waals surface area contributed by atoms with Crippen molar-refractivity contribution in [3.63, 3.8) is 0 Å². The molecule has 0 spiro atoms. The van der Waals surface area contributed by atoms with Gasteiger partial charge in [0.25, 0.3) is 0 Å². The number of halogens is 2. The van der Waals surface area contributed by atoms with Gasteiger partial charge in [-0.25, -0.2) is 13.6 Å². The van der Waals surface area contributed by atoms with E-state index in [0.29, 0.717) is 16.0 Å². The van der Waals surface area contributed by atoms with Crippen LogP contribution in [0.5, 0.6) is 5.75 Å². The molecule has 3 rings (SSSR count). The Hall–Kier alpha value is -2.86.